The first-order valence-electron chi connectivity index (χ1n) is 3.64. The smallest absolute Gasteiger partial charge is 0.0650 e. The Morgan fingerprint density at radius 1 is 1.56 bits per heavy atom. The van der Waals surface area contributed by atoms with Crippen molar-refractivity contribution in [3.05, 3.63) is 0 Å². The lowest BCUT2D eigenvalue weighted by atomic mass is 10.2. The van der Waals surface area contributed by atoms with Gasteiger partial charge in [0.05, 0.1) is 5.60 Å². The SMILES string of the molecule is CNCCCC1(O)CC1. The van der Waals surface area contributed by atoms with Crippen LogP contribution in [0.4, 0.5) is 0 Å². The topological polar surface area (TPSA) is 32.3 Å². The van der Waals surface area contributed by atoms with E-state index in [2.05, 4.69) is 5.32 Å². The molecule has 0 bridgehead atoms. The van der Waals surface area contributed by atoms with E-state index in [1.54, 1.807) is 0 Å². The summed E-state index contributed by atoms with van der Waals surface area (Å²) in [5.74, 6) is 0. The molecule has 0 aromatic carbocycles. The summed E-state index contributed by atoms with van der Waals surface area (Å²) in [6, 6.07) is 0. The van der Waals surface area contributed by atoms with Crippen molar-refractivity contribution in [2.24, 2.45) is 0 Å². The van der Waals surface area contributed by atoms with Crippen molar-refractivity contribution in [2.45, 2.75) is 31.3 Å². The van der Waals surface area contributed by atoms with E-state index in [4.69, 9.17) is 0 Å². The van der Waals surface area contributed by atoms with Gasteiger partial charge in [0.2, 0.25) is 0 Å². The Morgan fingerprint density at radius 3 is 2.67 bits per heavy atom. The second kappa shape index (κ2) is 2.67. The molecule has 9 heavy (non-hydrogen) atoms. The zero-order valence-electron chi connectivity index (χ0n) is 5.98. The van der Waals surface area contributed by atoms with Crippen molar-refractivity contribution in [1.29, 1.82) is 0 Å². The molecule has 0 saturated heterocycles. The minimum absolute atomic E-state index is 0.239. The maximum absolute atomic E-state index is 9.33. The second-order valence-electron chi connectivity index (χ2n) is 2.93. The van der Waals surface area contributed by atoms with Crippen LogP contribution in [-0.2, 0) is 0 Å². The first kappa shape index (κ1) is 7.03. The fraction of sp³-hybridized carbons (Fsp3) is 1.00. The van der Waals surface area contributed by atoms with Crippen LogP contribution < -0.4 is 5.32 Å². The Balaban J connectivity index is 1.92. The van der Waals surface area contributed by atoms with Crippen LogP contribution in [0.3, 0.4) is 0 Å². The predicted molar refractivity (Wildman–Crippen MR) is 37.3 cm³/mol. The highest BCUT2D eigenvalue weighted by Crippen LogP contribution is 2.38. The molecule has 1 aliphatic rings. The van der Waals surface area contributed by atoms with Crippen molar-refractivity contribution < 1.29 is 5.11 Å². The number of rotatable bonds is 4. The van der Waals surface area contributed by atoms with Gasteiger partial charge in [-0.1, -0.05) is 0 Å². The van der Waals surface area contributed by atoms with E-state index in [1.165, 1.54) is 0 Å². The van der Waals surface area contributed by atoms with Crippen LogP contribution in [0.1, 0.15) is 25.7 Å². The maximum atomic E-state index is 9.33. The van der Waals surface area contributed by atoms with Gasteiger partial charge in [0.1, 0.15) is 0 Å². The van der Waals surface area contributed by atoms with Crippen LogP contribution in [-0.4, -0.2) is 24.3 Å². The predicted octanol–water partition coefficient (Wildman–Crippen LogP) is 0.511. The van der Waals surface area contributed by atoms with E-state index in [0.717, 1.165) is 32.2 Å². The number of hydrogen-bond donors (Lipinski definition) is 2. The monoisotopic (exact) mass is 129 g/mol. The quantitative estimate of drug-likeness (QED) is 0.542. The van der Waals surface area contributed by atoms with E-state index < -0.39 is 0 Å². The molecular weight excluding hydrogens is 114 g/mol. The molecule has 2 N–H and O–H groups in total. The lowest BCUT2D eigenvalue weighted by molar-refractivity contribution is 0.137. The van der Waals surface area contributed by atoms with Crippen LogP contribution >= 0.6 is 0 Å². The largest absolute Gasteiger partial charge is 0.390 e. The van der Waals surface area contributed by atoms with Crippen LogP contribution in [0.2, 0.25) is 0 Å². The normalized spacial score (nSPS) is 22.0. The van der Waals surface area contributed by atoms with Gasteiger partial charge in [-0.05, 0) is 39.3 Å². The summed E-state index contributed by atoms with van der Waals surface area (Å²) in [4.78, 5) is 0. The van der Waals surface area contributed by atoms with Crippen LogP contribution in [0, 0.1) is 0 Å². The van der Waals surface area contributed by atoms with Gasteiger partial charge in [0.25, 0.3) is 0 Å². The van der Waals surface area contributed by atoms with Gasteiger partial charge >= 0.3 is 0 Å². The molecule has 2 nitrogen and oxygen atoms in total. The molecular formula is C7H15NO. The van der Waals surface area contributed by atoms with Crippen molar-refractivity contribution in [2.75, 3.05) is 13.6 Å². The summed E-state index contributed by atoms with van der Waals surface area (Å²) < 4.78 is 0. The zero-order chi connectivity index (χ0) is 6.74. The van der Waals surface area contributed by atoms with Gasteiger partial charge in [-0.25, -0.2) is 0 Å². The Kier molecular flexibility index (Phi) is 2.09. The van der Waals surface area contributed by atoms with Gasteiger partial charge in [0.15, 0.2) is 0 Å². The molecule has 1 fully saturated rings. The lowest BCUT2D eigenvalue weighted by Gasteiger charge is -2.04. The molecule has 0 radical (unpaired) electrons. The summed E-state index contributed by atoms with van der Waals surface area (Å²) in [6.07, 6.45) is 4.13. The standard InChI is InChI=1S/C7H15NO/c1-8-6-2-3-7(9)4-5-7/h8-9H,2-6H2,1H3. The highest BCUT2D eigenvalue weighted by Gasteiger charge is 2.38. The minimum atomic E-state index is -0.239. The molecule has 0 atom stereocenters. The van der Waals surface area contributed by atoms with Crippen LogP contribution in [0.15, 0.2) is 0 Å². The maximum Gasteiger partial charge on any atom is 0.0650 e. The van der Waals surface area contributed by atoms with E-state index in [1.807, 2.05) is 7.05 Å². The fourth-order valence-electron chi connectivity index (χ4n) is 0.989. The molecule has 0 spiro atoms. The van der Waals surface area contributed by atoms with Crippen molar-refractivity contribution in [1.82, 2.24) is 5.32 Å². The average molecular weight is 129 g/mol. The van der Waals surface area contributed by atoms with Crippen molar-refractivity contribution >= 4 is 0 Å². The first-order valence-corrected chi connectivity index (χ1v) is 3.64. The Morgan fingerprint density at radius 2 is 2.22 bits per heavy atom. The number of nitrogens with one attached hydrogen (secondary N) is 1. The summed E-state index contributed by atoms with van der Waals surface area (Å²) in [5.41, 5.74) is -0.239. The van der Waals surface area contributed by atoms with Gasteiger partial charge in [-0.2, -0.15) is 0 Å². The second-order valence-corrected chi connectivity index (χ2v) is 2.93. The molecule has 1 saturated carbocycles. The van der Waals surface area contributed by atoms with E-state index in [9.17, 15) is 5.11 Å². The molecule has 0 aliphatic heterocycles. The molecule has 0 aromatic rings. The van der Waals surface area contributed by atoms with Gasteiger partial charge in [0, 0.05) is 0 Å². The summed E-state index contributed by atoms with van der Waals surface area (Å²) in [5, 5.41) is 12.4. The van der Waals surface area contributed by atoms with Crippen molar-refractivity contribution in [3.8, 4) is 0 Å². The number of aliphatic hydroxyl groups is 1. The molecule has 0 amide bonds. The van der Waals surface area contributed by atoms with Crippen LogP contribution in [0.25, 0.3) is 0 Å². The zero-order valence-corrected chi connectivity index (χ0v) is 5.98. The van der Waals surface area contributed by atoms with Crippen molar-refractivity contribution in [3.63, 3.8) is 0 Å². The highest BCUT2D eigenvalue weighted by atomic mass is 16.3. The number of hydrogen-bond acceptors (Lipinski definition) is 2. The fourth-order valence-corrected chi connectivity index (χ4v) is 0.989. The molecule has 1 aliphatic carbocycles. The summed E-state index contributed by atoms with van der Waals surface area (Å²) >= 11 is 0. The summed E-state index contributed by atoms with van der Waals surface area (Å²) in [6.45, 7) is 1.03. The van der Waals surface area contributed by atoms with Gasteiger partial charge < -0.3 is 10.4 Å². The third-order valence-electron chi connectivity index (χ3n) is 1.90. The molecule has 54 valence electrons. The first-order chi connectivity index (χ1) is 4.27. The van der Waals surface area contributed by atoms with Gasteiger partial charge in [-0.3, -0.25) is 0 Å². The van der Waals surface area contributed by atoms with Crippen LogP contribution in [0.5, 0.6) is 0 Å². The lowest BCUT2D eigenvalue weighted by Crippen LogP contribution is -2.13. The Labute approximate surface area is 56.3 Å². The average Bonchev–Trinajstić information content (AvgIpc) is 2.50. The summed E-state index contributed by atoms with van der Waals surface area (Å²) in [7, 11) is 1.94. The molecule has 0 heterocycles. The Hall–Kier alpha value is -0.0800. The minimum Gasteiger partial charge on any atom is -0.390 e. The van der Waals surface area contributed by atoms with E-state index in [0.29, 0.717) is 0 Å². The molecule has 0 unspecified atom stereocenters. The molecule has 0 aromatic heterocycles. The molecule has 1 rings (SSSR count). The van der Waals surface area contributed by atoms with E-state index >= 15 is 0 Å². The third kappa shape index (κ3) is 2.33. The Bertz CT molecular complexity index is 88.9. The third-order valence-corrected chi connectivity index (χ3v) is 1.90. The molecule has 2 heteroatoms. The highest BCUT2D eigenvalue weighted by molar-refractivity contribution is 4.92. The van der Waals surface area contributed by atoms with Gasteiger partial charge in [-0.15, -0.1) is 0 Å². The van der Waals surface area contributed by atoms with E-state index in [-0.39, 0.29) is 5.60 Å².